The van der Waals surface area contributed by atoms with Crippen LogP contribution in [0, 0.1) is 0 Å². The Hall–Kier alpha value is -4.04. The van der Waals surface area contributed by atoms with Gasteiger partial charge in [0.25, 0.3) is 5.91 Å². The first-order valence-corrected chi connectivity index (χ1v) is 9.73. The number of nitrogens with zero attached hydrogens (tertiary/aromatic N) is 6. The summed E-state index contributed by atoms with van der Waals surface area (Å²) < 4.78 is 78.7. The number of carbonyl (C=O) groups excluding carboxylic acids is 1. The monoisotopic (exact) mass is 501 g/mol. The lowest BCUT2D eigenvalue weighted by molar-refractivity contribution is -0.143. The van der Waals surface area contributed by atoms with E-state index in [-0.39, 0.29) is 17.6 Å². The average Bonchev–Trinajstić information content (AvgIpc) is 3.28. The van der Waals surface area contributed by atoms with Gasteiger partial charge in [-0.3, -0.25) is 9.78 Å². The van der Waals surface area contributed by atoms with Crippen LogP contribution >= 0.6 is 0 Å². The van der Waals surface area contributed by atoms with E-state index < -0.39 is 41.0 Å². The van der Waals surface area contributed by atoms with E-state index >= 15 is 0 Å². The van der Waals surface area contributed by atoms with Gasteiger partial charge in [0.05, 0.1) is 23.4 Å². The molecule has 1 unspecified atom stereocenters. The van der Waals surface area contributed by atoms with Crippen molar-refractivity contribution in [1.29, 1.82) is 0 Å². The van der Waals surface area contributed by atoms with Crippen LogP contribution in [0.4, 0.5) is 26.3 Å². The molecule has 0 aliphatic heterocycles. The van der Waals surface area contributed by atoms with E-state index in [4.69, 9.17) is 0 Å². The van der Waals surface area contributed by atoms with Crippen LogP contribution in [0.15, 0.2) is 41.9 Å². The highest BCUT2D eigenvalue weighted by Gasteiger charge is 2.37. The number of rotatable bonds is 6. The second kappa shape index (κ2) is 9.68. The van der Waals surface area contributed by atoms with Crippen molar-refractivity contribution >= 4 is 11.6 Å². The molecule has 2 heterocycles. The summed E-state index contributed by atoms with van der Waals surface area (Å²) in [6.45, 7) is 3.04. The van der Waals surface area contributed by atoms with Gasteiger partial charge in [-0.2, -0.15) is 31.4 Å². The Kier molecular flexibility index (Phi) is 7.07. The number of carbonyl (C=O) groups is 1. The van der Waals surface area contributed by atoms with Crippen molar-refractivity contribution < 1.29 is 36.0 Å². The molecule has 0 aliphatic carbocycles. The van der Waals surface area contributed by atoms with Crippen molar-refractivity contribution in [2.45, 2.75) is 32.2 Å². The maximum absolute atomic E-state index is 13.1. The van der Waals surface area contributed by atoms with Crippen LogP contribution in [0.25, 0.3) is 5.82 Å². The maximum atomic E-state index is 13.1. The molecular weight excluding hydrogens is 484 g/mol. The predicted molar refractivity (Wildman–Crippen MR) is 108 cm³/mol. The molecule has 0 bridgehead atoms. The highest BCUT2D eigenvalue weighted by atomic mass is 19.4. The number of nitrogens with one attached hydrogen (secondary N) is 1. The van der Waals surface area contributed by atoms with Crippen LogP contribution < -0.4 is 5.32 Å². The average molecular weight is 501 g/mol. The fourth-order valence-electron chi connectivity index (χ4n) is 2.95. The molecule has 2 aromatic heterocycles. The Balaban J connectivity index is 1.93. The molecule has 9 nitrogen and oxygen atoms in total. The van der Waals surface area contributed by atoms with Crippen molar-refractivity contribution in [3.8, 4) is 5.82 Å². The zero-order valence-electron chi connectivity index (χ0n) is 18.3. The van der Waals surface area contributed by atoms with Gasteiger partial charge in [0.2, 0.25) is 0 Å². The van der Waals surface area contributed by atoms with Gasteiger partial charge in [-0.1, -0.05) is 5.16 Å². The van der Waals surface area contributed by atoms with Crippen molar-refractivity contribution in [3.63, 3.8) is 0 Å². The number of halogens is 6. The van der Waals surface area contributed by atoms with E-state index in [1.807, 2.05) is 0 Å². The molecular formula is C20H17F6N7O2. The summed E-state index contributed by atoms with van der Waals surface area (Å²) >= 11 is 0. The molecule has 3 rings (SSSR count). The van der Waals surface area contributed by atoms with Crippen molar-refractivity contribution in [2.75, 3.05) is 7.11 Å². The molecule has 0 aliphatic rings. The quantitative estimate of drug-likeness (QED) is 0.311. The van der Waals surface area contributed by atoms with Crippen LogP contribution in [0.2, 0.25) is 0 Å². The molecule has 0 saturated heterocycles. The van der Waals surface area contributed by atoms with Gasteiger partial charge in [0.15, 0.2) is 5.82 Å². The summed E-state index contributed by atoms with van der Waals surface area (Å²) in [5, 5.41) is 14.3. The SMILES string of the molecule is CO/N=C(\C)c1cnn(-c2nccnc2C(C)NC(=O)c2cc(C(F)(F)F)cc(C(F)(F)F)c2)n1. The molecule has 0 spiro atoms. The fraction of sp³-hybridized carbons (Fsp3) is 0.300. The van der Waals surface area contributed by atoms with E-state index in [1.54, 1.807) is 6.92 Å². The summed E-state index contributed by atoms with van der Waals surface area (Å²) in [5.41, 5.74) is -3.19. The van der Waals surface area contributed by atoms with Crippen LogP contribution in [-0.4, -0.2) is 43.7 Å². The Labute approximate surface area is 193 Å². The first kappa shape index (κ1) is 25.6. The van der Waals surface area contributed by atoms with Crippen LogP contribution in [0.5, 0.6) is 0 Å². The fourth-order valence-corrected chi connectivity index (χ4v) is 2.95. The molecule has 0 saturated carbocycles. The van der Waals surface area contributed by atoms with Gasteiger partial charge in [0, 0.05) is 18.0 Å². The van der Waals surface area contributed by atoms with Gasteiger partial charge in [-0.15, -0.1) is 9.90 Å². The minimum absolute atomic E-state index is 0.0587. The highest BCUT2D eigenvalue weighted by molar-refractivity contribution is 5.96. The lowest BCUT2D eigenvalue weighted by Crippen LogP contribution is -2.29. The first-order chi connectivity index (χ1) is 16.3. The Bertz CT molecular complexity index is 1220. The summed E-state index contributed by atoms with van der Waals surface area (Å²) in [6.07, 6.45) is -6.22. The standard InChI is InChI=1S/C20H17F6N7O2/c1-10(32-35-3)15-9-29-33(31-15)17-16(27-4-5-28-17)11(2)30-18(34)12-6-13(19(21,22)23)8-14(7-12)20(24,25)26/h4-9,11H,1-3H3,(H,30,34)/b32-10+. The molecule has 1 amide bonds. The summed E-state index contributed by atoms with van der Waals surface area (Å²) in [6, 6.07) is -0.378. The smallest absolute Gasteiger partial charge is 0.399 e. The third-order valence-corrected chi connectivity index (χ3v) is 4.59. The van der Waals surface area contributed by atoms with E-state index in [9.17, 15) is 31.1 Å². The Morgan fingerprint density at radius 3 is 2.23 bits per heavy atom. The van der Waals surface area contributed by atoms with Crippen LogP contribution in [-0.2, 0) is 17.2 Å². The minimum Gasteiger partial charge on any atom is -0.399 e. The molecule has 1 atom stereocenters. The van der Waals surface area contributed by atoms with Gasteiger partial charge < -0.3 is 10.2 Å². The van der Waals surface area contributed by atoms with Crippen LogP contribution in [0.3, 0.4) is 0 Å². The Morgan fingerprint density at radius 2 is 1.66 bits per heavy atom. The molecule has 0 fully saturated rings. The molecule has 0 radical (unpaired) electrons. The predicted octanol–water partition coefficient (Wildman–Crippen LogP) is 3.96. The lowest BCUT2D eigenvalue weighted by Gasteiger charge is -2.17. The highest BCUT2D eigenvalue weighted by Crippen LogP contribution is 2.36. The molecule has 35 heavy (non-hydrogen) atoms. The van der Waals surface area contributed by atoms with E-state index in [1.165, 1.54) is 32.6 Å². The number of oxime groups is 1. The van der Waals surface area contributed by atoms with Gasteiger partial charge in [-0.25, -0.2) is 4.98 Å². The topological polar surface area (TPSA) is 107 Å². The summed E-state index contributed by atoms with van der Waals surface area (Å²) in [7, 11) is 1.35. The number of hydrogen-bond donors (Lipinski definition) is 1. The molecule has 15 heteroatoms. The van der Waals surface area contributed by atoms with E-state index in [0.29, 0.717) is 23.5 Å². The van der Waals surface area contributed by atoms with Gasteiger partial charge in [-0.05, 0) is 32.0 Å². The maximum Gasteiger partial charge on any atom is 0.416 e. The second-order valence-corrected chi connectivity index (χ2v) is 7.13. The van der Waals surface area contributed by atoms with Crippen molar-refractivity contribution in [2.24, 2.45) is 5.16 Å². The molecule has 1 aromatic carbocycles. The number of benzene rings is 1. The number of alkyl halides is 6. The number of aromatic nitrogens is 5. The third kappa shape index (κ3) is 5.91. The van der Waals surface area contributed by atoms with Gasteiger partial charge >= 0.3 is 12.4 Å². The van der Waals surface area contributed by atoms with Crippen molar-refractivity contribution in [3.05, 3.63) is 64.9 Å². The molecule has 186 valence electrons. The second-order valence-electron chi connectivity index (χ2n) is 7.13. The minimum atomic E-state index is -5.09. The molecule has 1 N–H and O–H groups in total. The number of amides is 1. The van der Waals surface area contributed by atoms with Gasteiger partial charge in [0.1, 0.15) is 24.2 Å². The normalized spacial score (nSPS) is 13.5. The third-order valence-electron chi connectivity index (χ3n) is 4.59. The zero-order valence-corrected chi connectivity index (χ0v) is 18.3. The summed E-state index contributed by atoms with van der Waals surface area (Å²) in [4.78, 5) is 26.6. The largest absolute Gasteiger partial charge is 0.416 e. The lowest BCUT2D eigenvalue weighted by atomic mass is 10.0. The zero-order chi connectivity index (χ0) is 26.0. The number of hydrogen-bond acceptors (Lipinski definition) is 7. The Morgan fingerprint density at radius 1 is 1.06 bits per heavy atom. The molecule has 3 aromatic rings. The van der Waals surface area contributed by atoms with Crippen LogP contribution in [0.1, 0.15) is 52.8 Å². The van der Waals surface area contributed by atoms with Crippen molar-refractivity contribution in [1.82, 2.24) is 30.3 Å². The summed E-state index contributed by atoms with van der Waals surface area (Å²) in [5.74, 6) is -1.11. The van der Waals surface area contributed by atoms with E-state index in [2.05, 4.69) is 35.5 Å². The van der Waals surface area contributed by atoms with E-state index in [0.717, 1.165) is 4.80 Å². The first-order valence-electron chi connectivity index (χ1n) is 9.73.